The van der Waals surface area contributed by atoms with Crippen LogP contribution >= 0.6 is 0 Å². The minimum absolute atomic E-state index is 0.126. The molecule has 1 aromatic carbocycles. The van der Waals surface area contributed by atoms with Gasteiger partial charge in [0, 0.05) is 23.6 Å². The van der Waals surface area contributed by atoms with Crippen LogP contribution in [0, 0.1) is 13.8 Å². The molecule has 1 heterocycles. The van der Waals surface area contributed by atoms with Crippen molar-refractivity contribution < 1.29 is 14.3 Å². The molecule has 2 rings (SSSR count). The first-order valence-electron chi connectivity index (χ1n) is 7.60. The number of hydrogen-bond donors (Lipinski definition) is 1. The van der Waals surface area contributed by atoms with Crippen molar-refractivity contribution >= 4 is 17.6 Å². The number of nitrogens with one attached hydrogen (secondary N) is 1. The molecule has 0 radical (unpaired) electrons. The van der Waals surface area contributed by atoms with Crippen LogP contribution < -0.4 is 5.32 Å². The van der Waals surface area contributed by atoms with E-state index in [4.69, 9.17) is 4.74 Å². The molecule has 122 valence electrons. The van der Waals surface area contributed by atoms with Crippen LogP contribution in [-0.2, 0) is 22.5 Å². The van der Waals surface area contributed by atoms with Crippen LogP contribution in [0.15, 0.2) is 30.3 Å². The second-order valence-corrected chi connectivity index (χ2v) is 5.39. The van der Waals surface area contributed by atoms with Crippen molar-refractivity contribution in [2.75, 3.05) is 12.4 Å². The first-order valence-corrected chi connectivity index (χ1v) is 7.60. The van der Waals surface area contributed by atoms with Gasteiger partial charge in [-0.2, -0.15) is 0 Å². The highest BCUT2D eigenvalue weighted by molar-refractivity contribution is 6.05. The number of aromatic nitrogens is 1. The summed E-state index contributed by atoms with van der Waals surface area (Å²) in [5.41, 5.74) is 4.00. The quantitative estimate of drug-likeness (QED) is 0.863. The summed E-state index contributed by atoms with van der Waals surface area (Å²) in [6.07, 6.45) is 0.126. The average Bonchev–Trinajstić information content (AvgIpc) is 2.83. The first kappa shape index (κ1) is 16.8. The maximum Gasteiger partial charge on any atom is 0.310 e. The van der Waals surface area contributed by atoms with Gasteiger partial charge in [-0.15, -0.1) is 0 Å². The molecule has 1 N–H and O–H groups in total. The lowest BCUT2D eigenvalue weighted by atomic mass is 10.1. The van der Waals surface area contributed by atoms with Crippen LogP contribution in [0.2, 0.25) is 0 Å². The number of amides is 1. The number of anilines is 1. The van der Waals surface area contributed by atoms with Gasteiger partial charge in [0.1, 0.15) is 0 Å². The maximum atomic E-state index is 12.6. The fraction of sp³-hybridized carbons (Fsp3) is 0.333. The van der Waals surface area contributed by atoms with Crippen LogP contribution in [0.5, 0.6) is 0 Å². The Morgan fingerprint density at radius 3 is 2.52 bits per heavy atom. The number of aryl methyl sites for hydroxylation is 1. The third-order valence-electron chi connectivity index (χ3n) is 3.96. The van der Waals surface area contributed by atoms with E-state index in [0.717, 1.165) is 23.5 Å². The lowest BCUT2D eigenvalue weighted by Crippen LogP contribution is -2.15. The van der Waals surface area contributed by atoms with Gasteiger partial charge in [0.25, 0.3) is 5.91 Å². The van der Waals surface area contributed by atoms with Gasteiger partial charge in [-0.25, -0.2) is 0 Å². The zero-order chi connectivity index (χ0) is 17.0. The first-order chi connectivity index (χ1) is 11.0. The van der Waals surface area contributed by atoms with E-state index >= 15 is 0 Å². The molecule has 0 aliphatic carbocycles. The lowest BCUT2D eigenvalue weighted by Gasteiger charge is -2.11. The summed E-state index contributed by atoms with van der Waals surface area (Å²) in [6.45, 7) is 6.79. The Bertz CT molecular complexity index is 732. The number of para-hydroxylation sites is 1. The predicted octanol–water partition coefficient (Wildman–Crippen LogP) is 3.09. The van der Waals surface area contributed by atoms with Crippen LogP contribution in [0.1, 0.15) is 34.2 Å². The molecular formula is C18H22N2O3. The molecule has 0 unspecified atom stereocenters. The molecule has 0 bridgehead atoms. The topological polar surface area (TPSA) is 60.3 Å². The zero-order valence-electron chi connectivity index (χ0n) is 14.0. The monoisotopic (exact) mass is 314 g/mol. The molecular weight excluding hydrogens is 292 g/mol. The van der Waals surface area contributed by atoms with Gasteiger partial charge < -0.3 is 14.6 Å². The fourth-order valence-corrected chi connectivity index (χ4v) is 2.73. The molecule has 23 heavy (non-hydrogen) atoms. The molecule has 1 amide bonds. The molecule has 5 nitrogen and oxygen atoms in total. The zero-order valence-corrected chi connectivity index (χ0v) is 14.0. The van der Waals surface area contributed by atoms with Crippen molar-refractivity contribution in [2.45, 2.75) is 33.7 Å². The van der Waals surface area contributed by atoms with Gasteiger partial charge >= 0.3 is 5.97 Å². The van der Waals surface area contributed by atoms with E-state index in [9.17, 15) is 9.59 Å². The van der Waals surface area contributed by atoms with Crippen LogP contribution in [0.25, 0.3) is 0 Å². The highest BCUT2D eigenvalue weighted by atomic mass is 16.5. The van der Waals surface area contributed by atoms with E-state index in [1.807, 2.05) is 45.0 Å². The number of nitrogens with zero attached hydrogens (tertiary/aromatic N) is 1. The summed E-state index contributed by atoms with van der Waals surface area (Å²) in [5.74, 6) is -0.508. The van der Waals surface area contributed by atoms with Crippen LogP contribution in [-0.4, -0.2) is 23.6 Å². The Morgan fingerprint density at radius 2 is 1.91 bits per heavy atom. The molecule has 0 atom stereocenters. The summed E-state index contributed by atoms with van der Waals surface area (Å²) in [5, 5.41) is 2.90. The molecule has 2 aromatic rings. The summed E-state index contributed by atoms with van der Waals surface area (Å²) in [4.78, 5) is 24.1. The van der Waals surface area contributed by atoms with E-state index in [2.05, 4.69) is 9.88 Å². The Hall–Kier alpha value is -2.56. The van der Waals surface area contributed by atoms with E-state index < -0.39 is 0 Å². The Labute approximate surface area is 136 Å². The Morgan fingerprint density at radius 1 is 1.22 bits per heavy atom. The molecule has 0 aliphatic rings. The van der Waals surface area contributed by atoms with Gasteiger partial charge in [0.2, 0.25) is 0 Å². The van der Waals surface area contributed by atoms with E-state index in [0.29, 0.717) is 11.3 Å². The number of benzene rings is 1. The smallest absolute Gasteiger partial charge is 0.310 e. The number of esters is 1. The summed E-state index contributed by atoms with van der Waals surface area (Å²) in [7, 11) is 1.35. The number of carbonyl (C=O) groups excluding carboxylic acids is 2. The standard InChI is InChI=1S/C18H22N2O3/c1-5-20-12(2)10-15(13(20)3)18(22)19-16-9-7-6-8-14(16)11-17(21)23-4/h6-10H,5,11H2,1-4H3,(H,19,22). The molecule has 0 saturated carbocycles. The molecule has 0 saturated heterocycles. The predicted molar refractivity (Wildman–Crippen MR) is 89.7 cm³/mol. The Kier molecular flexibility index (Phi) is 5.21. The summed E-state index contributed by atoms with van der Waals surface area (Å²) in [6, 6.07) is 9.14. The van der Waals surface area contributed by atoms with Gasteiger partial charge in [0.15, 0.2) is 0 Å². The van der Waals surface area contributed by atoms with Crippen molar-refractivity contribution in [3.05, 3.63) is 52.8 Å². The highest BCUT2D eigenvalue weighted by Gasteiger charge is 2.16. The number of methoxy groups -OCH3 is 1. The van der Waals surface area contributed by atoms with Crippen molar-refractivity contribution in [1.29, 1.82) is 0 Å². The lowest BCUT2D eigenvalue weighted by molar-refractivity contribution is -0.139. The van der Waals surface area contributed by atoms with Crippen molar-refractivity contribution in [3.8, 4) is 0 Å². The largest absolute Gasteiger partial charge is 0.469 e. The highest BCUT2D eigenvalue weighted by Crippen LogP contribution is 2.20. The van der Waals surface area contributed by atoms with Crippen molar-refractivity contribution in [1.82, 2.24) is 4.57 Å². The van der Waals surface area contributed by atoms with E-state index in [-0.39, 0.29) is 18.3 Å². The Balaban J connectivity index is 2.26. The van der Waals surface area contributed by atoms with Crippen molar-refractivity contribution in [2.24, 2.45) is 0 Å². The molecule has 1 aromatic heterocycles. The fourth-order valence-electron chi connectivity index (χ4n) is 2.73. The van der Waals surface area contributed by atoms with E-state index in [1.165, 1.54) is 7.11 Å². The van der Waals surface area contributed by atoms with Gasteiger partial charge in [-0.05, 0) is 38.5 Å². The molecule has 5 heteroatoms. The number of ether oxygens (including phenoxy) is 1. The number of hydrogen-bond acceptors (Lipinski definition) is 3. The van der Waals surface area contributed by atoms with Crippen LogP contribution in [0.3, 0.4) is 0 Å². The third kappa shape index (κ3) is 3.62. The second kappa shape index (κ2) is 7.13. The normalized spacial score (nSPS) is 10.4. The number of carbonyl (C=O) groups is 2. The van der Waals surface area contributed by atoms with Gasteiger partial charge in [0.05, 0.1) is 19.1 Å². The SMILES string of the molecule is CCn1c(C)cc(C(=O)Nc2ccccc2CC(=O)OC)c1C. The number of rotatable bonds is 5. The van der Waals surface area contributed by atoms with Crippen molar-refractivity contribution in [3.63, 3.8) is 0 Å². The molecule has 0 spiro atoms. The average molecular weight is 314 g/mol. The summed E-state index contributed by atoms with van der Waals surface area (Å²) < 4.78 is 6.79. The maximum absolute atomic E-state index is 12.6. The van der Waals surface area contributed by atoms with Gasteiger partial charge in [-0.1, -0.05) is 18.2 Å². The molecule has 0 fully saturated rings. The molecule has 0 aliphatic heterocycles. The second-order valence-electron chi connectivity index (χ2n) is 5.39. The minimum Gasteiger partial charge on any atom is -0.469 e. The third-order valence-corrected chi connectivity index (χ3v) is 3.96. The van der Waals surface area contributed by atoms with E-state index in [1.54, 1.807) is 6.07 Å². The summed E-state index contributed by atoms with van der Waals surface area (Å²) >= 11 is 0. The van der Waals surface area contributed by atoms with Gasteiger partial charge in [-0.3, -0.25) is 9.59 Å². The minimum atomic E-state index is -0.337. The van der Waals surface area contributed by atoms with Crippen LogP contribution in [0.4, 0.5) is 5.69 Å².